The van der Waals surface area contributed by atoms with Crippen molar-refractivity contribution >= 4 is 5.91 Å². The van der Waals surface area contributed by atoms with E-state index in [4.69, 9.17) is 0 Å². The summed E-state index contributed by atoms with van der Waals surface area (Å²) in [4.78, 5) is 13.6. The minimum Gasteiger partial charge on any atom is -0.341 e. The van der Waals surface area contributed by atoms with Crippen LogP contribution in [0.1, 0.15) is 44.7 Å². The normalized spacial score (nSPS) is 18.6. The summed E-state index contributed by atoms with van der Waals surface area (Å²) in [7, 11) is 0. The second-order valence-corrected chi connectivity index (χ2v) is 5.38. The minimum atomic E-state index is 0.307. The Kier molecular flexibility index (Phi) is 4.97. The highest BCUT2D eigenvalue weighted by Crippen LogP contribution is 2.17. The molecule has 19 heavy (non-hydrogen) atoms. The number of nitrogens with one attached hydrogen (secondary N) is 1. The van der Waals surface area contributed by atoms with Gasteiger partial charge in [0.1, 0.15) is 0 Å². The van der Waals surface area contributed by atoms with E-state index in [9.17, 15) is 4.79 Å². The summed E-state index contributed by atoms with van der Waals surface area (Å²) < 4.78 is 0. The van der Waals surface area contributed by atoms with Crippen LogP contribution in [0.5, 0.6) is 0 Å². The molecule has 0 spiro atoms. The molecule has 1 heterocycles. The molecule has 0 aromatic heterocycles. The fraction of sp³-hybridized carbons (Fsp3) is 0.562. The van der Waals surface area contributed by atoms with Crippen LogP contribution in [0.25, 0.3) is 0 Å². The molecule has 1 fully saturated rings. The molecule has 2 atom stereocenters. The summed E-state index contributed by atoms with van der Waals surface area (Å²) in [5.74, 6) is 0.307. The third kappa shape index (κ3) is 3.80. The molecule has 0 bridgehead atoms. The summed E-state index contributed by atoms with van der Waals surface area (Å²) in [6.45, 7) is 6.10. The van der Waals surface area contributed by atoms with Crippen molar-refractivity contribution in [3.8, 4) is 0 Å². The van der Waals surface area contributed by atoms with Gasteiger partial charge in [0, 0.05) is 31.6 Å². The standard InChI is InChI=1S/C16H24N2O/c1-3-15(14-8-5-4-6-9-14)17-13(2)12-18-11-7-10-16(18)19/h4-6,8-9,13,15,17H,3,7,10-12H2,1-2H3. The Labute approximate surface area is 116 Å². The first-order valence-corrected chi connectivity index (χ1v) is 7.29. The molecule has 1 amide bonds. The molecule has 2 rings (SSSR count). The van der Waals surface area contributed by atoms with Crippen molar-refractivity contribution in [2.75, 3.05) is 13.1 Å². The number of carbonyl (C=O) groups excluding carboxylic acids is 1. The topological polar surface area (TPSA) is 32.3 Å². The number of benzene rings is 1. The quantitative estimate of drug-likeness (QED) is 0.853. The van der Waals surface area contributed by atoms with Gasteiger partial charge in [0.15, 0.2) is 0 Å². The van der Waals surface area contributed by atoms with Crippen molar-refractivity contribution in [2.24, 2.45) is 0 Å². The molecule has 3 heteroatoms. The lowest BCUT2D eigenvalue weighted by molar-refractivity contribution is -0.127. The first-order valence-electron chi connectivity index (χ1n) is 7.29. The second kappa shape index (κ2) is 6.71. The predicted octanol–water partition coefficient (Wildman–Crippen LogP) is 2.74. The zero-order valence-corrected chi connectivity index (χ0v) is 11.9. The van der Waals surface area contributed by atoms with E-state index in [-0.39, 0.29) is 0 Å². The van der Waals surface area contributed by atoms with Crippen LogP contribution >= 0.6 is 0 Å². The fourth-order valence-electron chi connectivity index (χ4n) is 2.76. The summed E-state index contributed by atoms with van der Waals surface area (Å²) in [6.07, 6.45) is 2.80. The number of amides is 1. The molecule has 0 saturated carbocycles. The van der Waals surface area contributed by atoms with E-state index in [1.54, 1.807) is 0 Å². The monoisotopic (exact) mass is 260 g/mol. The van der Waals surface area contributed by atoms with Gasteiger partial charge in [-0.15, -0.1) is 0 Å². The van der Waals surface area contributed by atoms with Crippen LogP contribution in [0.3, 0.4) is 0 Å². The molecule has 1 aliphatic heterocycles. The zero-order chi connectivity index (χ0) is 13.7. The van der Waals surface area contributed by atoms with Gasteiger partial charge >= 0.3 is 0 Å². The molecule has 1 N–H and O–H groups in total. The first kappa shape index (κ1) is 14.1. The molecular weight excluding hydrogens is 236 g/mol. The van der Waals surface area contributed by atoms with Gasteiger partial charge in [0.05, 0.1) is 0 Å². The second-order valence-electron chi connectivity index (χ2n) is 5.38. The predicted molar refractivity (Wildman–Crippen MR) is 77.9 cm³/mol. The van der Waals surface area contributed by atoms with Crippen molar-refractivity contribution in [1.82, 2.24) is 10.2 Å². The number of likely N-dealkylation sites (tertiary alicyclic amines) is 1. The van der Waals surface area contributed by atoms with Crippen LogP contribution in [0.2, 0.25) is 0 Å². The Balaban J connectivity index is 1.89. The molecule has 2 unspecified atom stereocenters. The van der Waals surface area contributed by atoms with Gasteiger partial charge in [-0.25, -0.2) is 0 Å². The van der Waals surface area contributed by atoms with Gasteiger partial charge in [0.25, 0.3) is 0 Å². The maximum absolute atomic E-state index is 11.6. The Morgan fingerprint density at radius 1 is 1.32 bits per heavy atom. The van der Waals surface area contributed by atoms with E-state index < -0.39 is 0 Å². The molecule has 1 aromatic carbocycles. The summed E-state index contributed by atoms with van der Waals surface area (Å²) in [5.41, 5.74) is 1.32. The van der Waals surface area contributed by atoms with Crippen LogP contribution in [0.4, 0.5) is 0 Å². The molecule has 1 aromatic rings. The molecule has 1 saturated heterocycles. The number of rotatable bonds is 6. The van der Waals surface area contributed by atoms with E-state index in [0.29, 0.717) is 18.0 Å². The zero-order valence-electron chi connectivity index (χ0n) is 11.9. The van der Waals surface area contributed by atoms with Crippen LogP contribution < -0.4 is 5.32 Å². The number of hydrogen-bond donors (Lipinski definition) is 1. The fourth-order valence-corrected chi connectivity index (χ4v) is 2.76. The first-order chi connectivity index (χ1) is 9.20. The van der Waals surface area contributed by atoms with Crippen molar-refractivity contribution in [3.63, 3.8) is 0 Å². The van der Waals surface area contributed by atoms with E-state index in [2.05, 4.69) is 43.4 Å². The molecule has 3 nitrogen and oxygen atoms in total. The van der Waals surface area contributed by atoms with Crippen LogP contribution in [0.15, 0.2) is 30.3 Å². The Morgan fingerprint density at radius 2 is 2.05 bits per heavy atom. The van der Waals surface area contributed by atoms with Crippen LogP contribution in [-0.2, 0) is 4.79 Å². The summed E-state index contributed by atoms with van der Waals surface area (Å²) in [5, 5.41) is 3.64. The minimum absolute atomic E-state index is 0.307. The van der Waals surface area contributed by atoms with Crippen molar-refractivity contribution in [2.45, 2.75) is 45.2 Å². The van der Waals surface area contributed by atoms with Gasteiger partial charge in [-0.3, -0.25) is 4.79 Å². The molecule has 0 aliphatic carbocycles. The Bertz CT molecular complexity index is 404. The van der Waals surface area contributed by atoms with Crippen molar-refractivity contribution in [1.29, 1.82) is 0 Å². The van der Waals surface area contributed by atoms with Crippen molar-refractivity contribution < 1.29 is 4.79 Å². The van der Waals surface area contributed by atoms with Crippen LogP contribution in [-0.4, -0.2) is 29.9 Å². The summed E-state index contributed by atoms with van der Waals surface area (Å²) >= 11 is 0. The number of carbonyl (C=O) groups is 1. The molecule has 1 aliphatic rings. The largest absolute Gasteiger partial charge is 0.341 e. The summed E-state index contributed by atoms with van der Waals surface area (Å²) in [6, 6.07) is 11.2. The van der Waals surface area contributed by atoms with Gasteiger partial charge in [-0.2, -0.15) is 0 Å². The smallest absolute Gasteiger partial charge is 0.222 e. The van der Waals surface area contributed by atoms with Gasteiger partial charge in [0.2, 0.25) is 5.91 Å². The van der Waals surface area contributed by atoms with E-state index >= 15 is 0 Å². The maximum Gasteiger partial charge on any atom is 0.222 e. The maximum atomic E-state index is 11.6. The van der Waals surface area contributed by atoms with Crippen molar-refractivity contribution in [3.05, 3.63) is 35.9 Å². The lowest BCUT2D eigenvalue weighted by atomic mass is 10.0. The van der Waals surface area contributed by atoms with Crippen LogP contribution in [0, 0.1) is 0 Å². The average molecular weight is 260 g/mol. The molecule has 0 radical (unpaired) electrons. The van der Waals surface area contributed by atoms with Gasteiger partial charge in [-0.05, 0) is 25.3 Å². The van der Waals surface area contributed by atoms with E-state index in [1.165, 1.54) is 5.56 Å². The Morgan fingerprint density at radius 3 is 2.63 bits per heavy atom. The third-order valence-corrected chi connectivity index (χ3v) is 3.76. The molecular formula is C16H24N2O. The molecule has 104 valence electrons. The lowest BCUT2D eigenvalue weighted by Crippen LogP contribution is -2.41. The lowest BCUT2D eigenvalue weighted by Gasteiger charge is -2.26. The van der Waals surface area contributed by atoms with E-state index in [0.717, 1.165) is 32.4 Å². The van der Waals surface area contributed by atoms with Gasteiger partial charge < -0.3 is 10.2 Å². The number of nitrogens with zero attached hydrogens (tertiary/aromatic N) is 1. The highest BCUT2D eigenvalue weighted by atomic mass is 16.2. The SMILES string of the molecule is CCC(NC(C)CN1CCCC1=O)c1ccccc1. The van der Waals surface area contributed by atoms with Gasteiger partial charge in [-0.1, -0.05) is 37.3 Å². The highest BCUT2D eigenvalue weighted by molar-refractivity contribution is 5.78. The Hall–Kier alpha value is -1.35. The highest BCUT2D eigenvalue weighted by Gasteiger charge is 2.22. The number of hydrogen-bond acceptors (Lipinski definition) is 2. The third-order valence-electron chi connectivity index (χ3n) is 3.76. The van der Waals surface area contributed by atoms with E-state index in [1.807, 2.05) is 11.0 Å². The average Bonchev–Trinajstić information content (AvgIpc) is 2.82.